The molecule has 1 aliphatic heterocycles. The molecule has 1 N–H and O–H groups in total. The van der Waals surface area contributed by atoms with Gasteiger partial charge in [0.2, 0.25) is 0 Å². The number of ether oxygens (including phenoxy) is 1. The summed E-state index contributed by atoms with van der Waals surface area (Å²) in [5.41, 5.74) is 3.83. The van der Waals surface area contributed by atoms with Gasteiger partial charge in [0.25, 0.3) is 0 Å². The molecule has 0 radical (unpaired) electrons. The fraction of sp³-hybridized carbons (Fsp3) is 0.125. The third-order valence-electron chi connectivity index (χ3n) is 3.28. The van der Waals surface area contributed by atoms with Crippen molar-refractivity contribution in [3.8, 4) is 5.75 Å². The molecule has 0 saturated heterocycles. The second-order valence-electron chi connectivity index (χ2n) is 4.34. The van der Waals surface area contributed by atoms with Crippen LogP contribution in [0, 0.1) is 0 Å². The fourth-order valence-electron chi connectivity index (χ4n) is 2.32. The molecule has 0 aromatic heterocycles. The maximum atomic E-state index is 5.19. The Balaban J connectivity index is 1.99. The summed E-state index contributed by atoms with van der Waals surface area (Å²) in [6.45, 7) is 0. The van der Waals surface area contributed by atoms with E-state index < -0.39 is 0 Å². The molecule has 0 amide bonds. The maximum Gasteiger partial charge on any atom is 0.118 e. The summed E-state index contributed by atoms with van der Waals surface area (Å²) in [5.74, 6) is 0.887. The largest absolute Gasteiger partial charge is 0.497 e. The standard InChI is InChI=1S/C16H15NO/c1-18-14-8-6-13(7-9-14)16-15-5-3-2-4-12(15)10-11-17-16/h2-11,16-17H,1H3. The van der Waals surface area contributed by atoms with Gasteiger partial charge in [-0.05, 0) is 41.1 Å². The minimum atomic E-state index is 0.220. The van der Waals surface area contributed by atoms with Crippen molar-refractivity contribution in [3.05, 3.63) is 71.4 Å². The zero-order valence-corrected chi connectivity index (χ0v) is 10.3. The normalized spacial score (nSPS) is 16.8. The van der Waals surface area contributed by atoms with E-state index in [1.165, 1.54) is 16.7 Å². The molecule has 1 aliphatic rings. The van der Waals surface area contributed by atoms with Gasteiger partial charge in [-0.2, -0.15) is 0 Å². The van der Waals surface area contributed by atoms with E-state index in [0.717, 1.165) is 5.75 Å². The van der Waals surface area contributed by atoms with Gasteiger partial charge in [0.15, 0.2) is 0 Å². The highest BCUT2D eigenvalue weighted by Crippen LogP contribution is 2.29. The van der Waals surface area contributed by atoms with E-state index in [-0.39, 0.29) is 6.04 Å². The minimum absolute atomic E-state index is 0.220. The summed E-state index contributed by atoms with van der Waals surface area (Å²) in [6, 6.07) is 16.9. The number of hydrogen-bond acceptors (Lipinski definition) is 2. The van der Waals surface area contributed by atoms with Gasteiger partial charge in [0, 0.05) is 0 Å². The molecule has 0 spiro atoms. The summed E-state index contributed by atoms with van der Waals surface area (Å²) in [4.78, 5) is 0. The predicted octanol–water partition coefficient (Wildman–Crippen LogP) is 3.36. The topological polar surface area (TPSA) is 21.3 Å². The molecule has 2 nitrogen and oxygen atoms in total. The minimum Gasteiger partial charge on any atom is -0.497 e. The average Bonchev–Trinajstić information content (AvgIpc) is 2.47. The number of methoxy groups -OCH3 is 1. The van der Waals surface area contributed by atoms with Crippen molar-refractivity contribution < 1.29 is 4.74 Å². The van der Waals surface area contributed by atoms with Crippen molar-refractivity contribution in [2.75, 3.05) is 7.11 Å². The van der Waals surface area contributed by atoms with Crippen molar-refractivity contribution in [3.63, 3.8) is 0 Å². The van der Waals surface area contributed by atoms with Crippen LogP contribution < -0.4 is 10.1 Å². The lowest BCUT2D eigenvalue weighted by molar-refractivity contribution is 0.414. The van der Waals surface area contributed by atoms with Gasteiger partial charge in [0.1, 0.15) is 5.75 Å². The van der Waals surface area contributed by atoms with Crippen LogP contribution in [-0.4, -0.2) is 7.11 Å². The van der Waals surface area contributed by atoms with Crippen LogP contribution in [0.4, 0.5) is 0 Å². The summed E-state index contributed by atoms with van der Waals surface area (Å²) >= 11 is 0. The third kappa shape index (κ3) is 1.86. The lowest BCUT2D eigenvalue weighted by Gasteiger charge is -2.24. The Morgan fingerprint density at radius 2 is 1.78 bits per heavy atom. The first-order valence-corrected chi connectivity index (χ1v) is 6.04. The van der Waals surface area contributed by atoms with Gasteiger partial charge in [0.05, 0.1) is 13.2 Å². The number of nitrogens with one attached hydrogen (secondary N) is 1. The summed E-state index contributed by atoms with van der Waals surface area (Å²) < 4.78 is 5.19. The third-order valence-corrected chi connectivity index (χ3v) is 3.28. The van der Waals surface area contributed by atoms with E-state index in [4.69, 9.17) is 4.74 Å². The molecule has 2 aromatic carbocycles. The lowest BCUT2D eigenvalue weighted by Crippen LogP contribution is -2.20. The maximum absolute atomic E-state index is 5.19. The molecule has 0 fully saturated rings. The van der Waals surface area contributed by atoms with E-state index in [0.29, 0.717) is 0 Å². The first kappa shape index (κ1) is 10.9. The number of hydrogen-bond donors (Lipinski definition) is 1. The van der Waals surface area contributed by atoms with Gasteiger partial charge in [-0.15, -0.1) is 0 Å². The molecule has 90 valence electrons. The zero-order chi connectivity index (χ0) is 12.4. The van der Waals surface area contributed by atoms with Crippen LogP contribution in [0.25, 0.3) is 6.08 Å². The van der Waals surface area contributed by atoms with Crippen molar-refractivity contribution in [2.24, 2.45) is 0 Å². The van der Waals surface area contributed by atoms with Crippen LogP contribution in [0.2, 0.25) is 0 Å². The highest BCUT2D eigenvalue weighted by atomic mass is 16.5. The molecule has 3 rings (SSSR count). The first-order chi connectivity index (χ1) is 8.88. The second kappa shape index (κ2) is 4.57. The van der Waals surface area contributed by atoms with Crippen LogP contribution >= 0.6 is 0 Å². The Kier molecular flexibility index (Phi) is 2.77. The molecule has 1 atom stereocenters. The van der Waals surface area contributed by atoms with E-state index in [2.05, 4.69) is 47.8 Å². The van der Waals surface area contributed by atoms with Crippen molar-refractivity contribution in [2.45, 2.75) is 6.04 Å². The molecule has 2 heteroatoms. The monoisotopic (exact) mass is 237 g/mol. The quantitative estimate of drug-likeness (QED) is 0.864. The Bertz CT molecular complexity index is 572. The van der Waals surface area contributed by atoms with E-state index in [9.17, 15) is 0 Å². The van der Waals surface area contributed by atoms with Crippen LogP contribution in [0.3, 0.4) is 0 Å². The second-order valence-corrected chi connectivity index (χ2v) is 4.34. The van der Waals surface area contributed by atoms with Gasteiger partial charge >= 0.3 is 0 Å². The van der Waals surface area contributed by atoms with E-state index >= 15 is 0 Å². The first-order valence-electron chi connectivity index (χ1n) is 6.04. The van der Waals surface area contributed by atoms with Crippen LogP contribution in [0.1, 0.15) is 22.7 Å². The van der Waals surface area contributed by atoms with Gasteiger partial charge in [-0.3, -0.25) is 0 Å². The predicted molar refractivity (Wildman–Crippen MR) is 73.4 cm³/mol. The van der Waals surface area contributed by atoms with Crippen LogP contribution in [0.15, 0.2) is 54.7 Å². The SMILES string of the molecule is COc1ccc(C2NC=Cc3ccccc32)cc1. The van der Waals surface area contributed by atoms with Crippen molar-refractivity contribution >= 4 is 6.08 Å². The summed E-state index contributed by atoms with van der Waals surface area (Å²) in [5, 5.41) is 3.41. The van der Waals surface area contributed by atoms with Crippen LogP contribution in [-0.2, 0) is 0 Å². The number of rotatable bonds is 2. The van der Waals surface area contributed by atoms with Crippen molar-refractivity contribution in [1.82, 2.24) is 5.32 Å². The lowest BCUT2D eigenvalue weighted by atomic mass is 9.92. The fourth-order valence-corrected chi connectivity index (χ4v) is 2.32. The molecule has 1 heterocycles. The van der Waals surface area contributed by atoms with E-state index in [1.54, 1.807) is 7.11 Å². The Morgan fingerprint density at radius 3 is 2.56 bits per heavy atom. The highest BCUT2D eigenvalue weighted by molar-refractivity contribution is 5.58. The van der Waals surface area contributed by atoms with Gasteiger partial charge in [-0.25, -0.2) is 0 Å². The molecule has 2 aromatic rings. The molecular formula is C16H15NO. The number of fused-ring (bicyclic) bond motifs is 1. The molecule has 18 heavy (non-hydrogen) atoms. The zero-order valence-electron chi connectivity index (χ0n) is 10.3. The molecule has 0 aliphatic carbocycles. The summed E-state index contributed by atoms with van der Waals surface area (Å²) in [7, 11) is 1.69. The highest BCUT2D eigenvalue weighted by Gasteiger charge is 2.17. The Labute approximate surface area is 107 Å². The van der Waals surface area contributed by atoms with Crippen molar-refractivity contribution in [1.29, 1.82) is 0 Å². The molecular weight excluding hydrogens is 222 g/mol. The van der Waals surface area contributed by atoms with Gasteiger partial charge < -0.3 is 10.1 Å². The van der Waals surface area contributed by atoms with E-state index in [1.807, 2.05) is 18.3 Å². The summed E-state index contributed by atoms with van der Waals surface area (Å²) in [6.07, 6.45) is 4.12. The molecule has 1 unspecified atom stereocenters. The smallest absolute Gasteiger partial charge is 0.118 e. The Morgan fingerprint density at radius 1 is 1.00 bits per heavy atom. The molecule has 0 bridgehead atoms. The average molecular weight is 237 g/mol. The molecule has 0 saturated carbocycles. The van der Waals surface area contributed by atoms with Gasteiger partial charge in [-0.1, -0.05) is 36.4 Å². The Hall–Kier alpha value is -2.22. The van der Waals surface area contributed by atoms with Crippen LogP contribution in [0.5, 0.6) is 5.75 Å². The number of benzene rings is 2.